The van der Waals surface area contributed by atoms with Gasteiger partial charge in [0.15, 0.2) is 0 Å². The van der Waals surface area contributed by atoms with E-state index in [0.717, 1.165) is 36.9 Å². The third-order valence-corrected chi connectivity index (χ3v) is 4.27. The van der Waals surface area contributed by atoms with Crippen LogP contribution in [0.3, 0.4) is 0 Å². The van der Waals surface area contributed by atoms with Crippen LogP contribution < -0.4 is 5.32 Å². The van der Waals surface area contributed by atoms with Crippen molar-refractivity contribution in [1.29, 1.82) is 0 Å². The van der Waals surface area contributed by atoms with Gasteiger partial charge in [-0.25, -0.2) is 0 Å². The fraction of sp³-hybridized carbons (Fsp3) is 1.00. The normalized spacial score (nSPS) is 28.0. The standard InChI is InChI=1S/C16H34N2/c1-12(2)9-17-10-16(13(3)4)18-11-14(5)7-8-15(18)6/h12-17H,7-11H2,1-6H3. The minimum absolute atomic E-state index is 0.696. The van der Waals surface area contributed by atoms with Gasteiger partial charge in [-0.15, -0.1) is 0 Å². The molecule has 0 aromatic rings. The highest BCUT2D eigenvalue weighted by Crippen LogP contribution is 2.25. The number of piperidine rings is 1. The summed E-state index contributed by atoms with van der Waals surface area (Å²) in [4.78, 5) is 2.76. The number of nitrogens with zero attached hydrogens (tertiary/aromatic N) is 1. The fourth-order valence-corrected chi connectivity index (χ4v) is 3.04. The number of hydrogen-bond donors (Lipinski definition) is 1. The third-order valence-electron chi connectivity index (χ3n) is 4.27. The van der Waals surface area contributed by atoms with Crippen LogP contribution in [-0.4, -0.2) is 36.6 Å². The highest BCUT2D eigenvalue weighted by Gasteiger charge is 2.30. The summed E-state index contributed by atoms with van der Waals surface area (Å²) in [5.41, 5.74) is 0. The zero-order chi connectivity index (χ0) is 13.7. The van der Waals surface area contributed by atoms with Gasteiger partial charge in [0, 0.05) is 25.2 Å². The Balaban J connectivity index is 2.53. The van der Waals surface area contributed by atoms with Gasteiger partial charge in [-0.1, -0.05) is 34.6 Å². The van der Waals surface area contributed by atoms with E-state index < -0.39 is 0 Å². The molecular weight excluding hydrogens is 220 g/mol. The van der Waals surface area contributed by atoms with Crippen LogP contribution in [0.15, 0.2) is 0 Å². The summed E-state index contributed by atoms with van der Waals surface area (Å²) >= 11 is 0. The fourth-order valence-electron chi connectivity index (χ4n) is 3.04. The first-order chi connectivity index (χ1) is 8.41. The molecule has 108 valence electrons. The average molecular weight is 254 g/mol. The monoisotopic (exact) mass is 254 g/mol. The van der Waals surface area contributed by atoms with E-state index in [1.165, 1.54) is 19.4 Å². The van der Waals surface area contributed by atoms with Crippen molar-refractivity contribution in [2.75, 3.05) is 19.6 Å². The molecule has 0 aromatic carbocycles. The molecule has 0 radical (unpaired) electrons. The third kappa shape index (κ3) is 4.89. The minimum Gasteiger partial charge on any atom is -0.315 e. The summed E-state index contributed by atoms with van der Waals surface area (Å²) in [7, 11) is 0. The SMILES string of the molecule is CC(C)CNCC(C(C)C)N1CC(C)CCC1C. The maximum Gasteiger partial charge on any atom is 0.0246 e. The molecule has 0 bridgehead atoms. The molecule has 1 aliphatic heterocycles. The largest absolute Gasteiger partial charge is 0.315 e. The van der Waals surface area contributed by atoms with Gasteiger partial charge in [0.2, 0.25) is 0 Å². The number of likely N-dealkylation sites (tertiary alicyclic amines) is 1. The Bertz CT molecular complexity index is 225. The first-order valence-electron chi connectivity index (χ1n) is 7.88. The maximum absolute atomic E-state index is 3.66. The Morgan fingerprint density at radius 2 is 1.72 bits per heavy atom. The predicted molar refractivity (Wildman–Crippen MR) is 80.9 cm³/mol. The Labute approximate surface area is 115 Å². The van der Waals surface area contributed by atoms with E-state index in [-0.39, 0.29) is 0 Å². The van der Waals surface area contributed by atoms with E-state index in [2.05, 4.69) is 51.8 Å². The highest BCUT2D eigenvalue weighted by atomic mass is 15.2. The van der Waals surface area contributed by atoms with Crippen molar-refractivity contribution in [3.63, 3.8) is 0 Å². The second-order valence-electron chi connectivity index (χ2n) is 7.09. The van der Waals surface area contributed by atoms with E-state index >= 15 is 0 Å². The Hall–Kier alpha value is -0.0800. The molecule has 2 heteroatoms. The molecule has 0 saturated carbocycles. The molecule has 3 atom stereocenters. The zero-order valence-corrected chi connectivity index (χ0v) is 13.4. The molecule has 0 amide bonds. The molecule has 2 nitrogen and oxygen atoms in total. The lowest BCUT2D eigenvalue weighted by molar-refractivity contribution is 0.0539. The summed E-state index contributed by atoms with van der Waals surface area (Å²) < 4.78 is 0. The van der Waals surface area contributed by atoms with Crippen LogP contribution in [0.25, 0.3) is 0 Å². The Morgan fingerprint density at radius 3 is 2.28 bits per heavy atom. The van der Waals surface area contributed by atoms with Crippen molar-refractivity contribution < 1.29 is 0 Å². The lowest BCUT2D eigenvalue weighted by Crippen LogP contribution is -2.53. The zero-order valence-electron chi connectivity index (χ0n) is 13.4. The van der Waals surface area contributed by atoms with Crippen LogP contribution in [0.1, 0.15) is 54.4 Å². The molecule has 1 heterocycles. The molecule has 1 saturated heterocycles. The van der Waals surface area contributed by atoms with Gasteiger partial charge in [-0.2, -0.15) is 0 Å². The summed E-state index contributed by atoms with van der Waals surface area (Å²) in [5.74, 6) is 2.35. The quantitative estimate of drug-likeness (QED) is 0.782. The first kappa shape index (κ1) is 16.0. The molecule has 0 aliphatic carbocycles. The van der Waals surface area contributed by atoms with Crippen LogP contribution in [0, 0.1) is 17.8 Å². The van der Waals surface area contributed by atoms with Gasteiger partial charge in [-0.3, -0.25) is 4.90 Å². The maximum atomic E-state index is 3.66. The summed E-state index contributed by atoms with van der Waals surface area (Å²) in [6.45, 7) is 17.7. The Kier molecular flexibility index (Phi) is 6.65. The predicted octanol–water partition coefficient (Wildman–Crippen LogP) is 3.38. The van der Waals surface area contributed by atoms with Gasteiger partial charge >= 0.3 is 0 Å². The second kappa shape index (κ2) is 7.49. The van der Waals surface area contributed by atoms with Crippen LogP contribution in [-0.2, 0) is 0 Å². The molecule has 1 N–H and O–H groups in total. The van der Waals surface area contributed by atoms with Gasteiger partial charge in [0.05, 0.1) is 0 Å². The second-order valence-corrected chi connectivity index (χ2v) is 7.09. The van der Waals surface area contributed by atoms with Gasteiger partial charge in [0.1, 0.15) is 0 Å². The van der Waals surface area contributed by atoms with E-state index in [4.69, 9.17) is 0 Å². The lowest BCUT2D eigenvalue weighted by atomic mass is 9.90. The van der Waals surface area contributed by atoms with Crippen LogP contribution >= 0.6 is 0 Å². The van der Waals surface area contributed by atoms with E-state index in [0.29, 0.717) is 6.04 Å². The van der Waals surface area contributed by atoms with E-state index in [1.807, 2.05) is 0 Å². The molecule has 3 unspecified atom stereocenters. The molecule has 0 aromatic heterocycles. The van der Waals surface area contributed by atoms with Gasteiger partial charge < -0.3 is 5.32 Å². The Morgan fingerprint density at radius 1 is 1.06 bits per heavy atom. The minimum atomic E-state index is 0.696. The van der Waals surface area contributed by atoms with Crippen molar-refractivity contribution in [2.24, 2.45) is 17.8 Å². The molecular formula is C16H34N2. The highest BCUT2D eigenvalue weighted by molar-refractivity contribution is 4.85. The van der Waals surface area contributed by atoms with Crippen LogP contribution in [0.4, 0.5) is 0 Å². The van der Waals surface area contributed by atoms with E-state index in [1.54, 1.807) is 0 Å². The average Bonchev–Trinajstić information content (AvgIpc) is 2.27. The van der Waals surface area contributed by atoms with Crippen molar-refractivity contribution in [1.82, 2.24) is 10.2 Å². The summed E-state index contributed by atoms with van der Waals surface area (Å²) in [6, 6.07) is 1.45. The van der Waals surface area contributed by atoms with Gasteiger partial charge in [0.25, 0.3) is 0 Å². The van der Waals surface area contributed by atoms with Crippen LogP contribution in [0.2, 0.25) is 0 Å². The van der Waals surface area contributed by atoms with Crippen molar-refractivity contribution in [2.45, 2.75) is 66.5 Å². The molecule has 0 spiro atoms. The molecule has 18 heavy (non-hydrogen) atoms. The smallest absolute Gasteiger partial charge is 0.0246 e. The lowest BCUT2D eigenvalue weighted by Gasteiger charge is -2.44. The summed E-state index contributed by atoms with van der Waals surface area (Å²) in [5, 5.41) is 3.66. The molecule has 1 rings (SSSR count). The van der Waals surface area contributed by atoms with Crippen LogP contribution in [0.5, 0.6) is 0 Å². The van der Waals surface area contributed by atoms with Crippen molar-refractivity contribution in [3.8, 4) is 0 Å². The number of rotatable bonds is 6. The van der Waals surface area contributed by atoms with Crippen molar-refractivity contribution in [3.05, 3.63) is 0 Å². The van der Waals surface area contributed by atoms with E-state index in [9.17, 15) is 0 Å². The topological polar surface area (TPSA) is 15.3 Å². The molecule has 1 aliphatic rings. The first-order valence-corrected chi connectivity index (χ1v) is 7.88. The molecule has 1 fully saturated rings. The van der Waals surface area contributed by atoms with Crippen molar-refractivity contribution >= 4 is 0 Å². The number of nitrogens with one attached hydrogen (secondary N) is 1. The summed E-state index contributed by atoms with van der Waals surface area (Å²) in [6.07, 6.45) is 2.77. The number of hydrogen-bond acceptors (Lipinski definition) is 2. The van der Waals surface area contributed by atoms with Gasteiger partial charge in [-0.05, 0) is 44.1 Å².